The number of nitrogens with zero attached hydrogens (tertiary/aromatic N) is 3. The number of hydrogen-bond donors (Lipinski definition) is 1. The van der Waals surface area contributed by atoms with Gasteiger partial charge in [-0.05, 0) is 30.3 Å². The molecule has 1 fully saturated rings. The van der Waals surface area contributed by atoms with Gasteiger partial charge < -0.3 is 4.74 Å². The number of ether oxygens (including phenoxy) is 1. The predicted molar refractivity (Wildman–Crippen MR) is 77.8 cm³/mol. The molecule has 1 amide bonds. The summed E-state index contributed by atoms with van der Waals surface area (Å²) < 4.78 is 19.8. The molecule has 0 atom stereocenters. The van der Waals surface area contributed by atoms with Crippen LogP contribution >= 0.6 is 0 Å². The van der Waals surface area contributed by atoms with Gasteiger partial charge in [0.2, 0.25) is 5.91 Å². The molecular weight excluding hydrogens is 287 g/mol. The molecule has 3 rings (SSSR count). The number of amides is 1. The van der Waals surface area contributed by atoms with Crippen LogP contribution < -0.4 is 5.43 Å². The summed E-state index contributed by atoms with van der Waals surface area (Å²) in [6.45, 7) is 2.63. The van der Waals surface area contributed by atoms with Crippen LogP contribution in [0.4, 0.5) is 4.39 Å². The second kappa shape index (κ2) is 6.67. The van der Waals surface area contributed by atoms with Gasteiger partial charge in [0.15, 0.2) is 0 Å². The van der Waals surface area contributed by atoms with E-state index < -0.39 is 0 Å². The minimum atomic E-state index is -0.291. The number of aromatic nitrogens is 2. The molecule has 6 nitrogen and oxygen atoms in total. The van der Waals surface area contributed by atoms with Gasteiger partial charge in [-0.15, -0.1) is 0 Å². The molecule has 0 aliphatic carbocycles. The predicted octanol–water partition coefficient (Wildman–Crippen LogP) is 0.917. The molecule has 1 aliphatic rings. The van der Waals surface area contributed by atoms with E-state index in [4.69, 9.17) is 4.74 Å². The van der Waals surface area contributed by atoms with Crippen LogP contribution in [0.3, 0.4) is 0 Å². The number of benzene rings is 1. The van der Waals surface area contributed by atoms with Crippen LogP contribution in [0.15, 0.2) is 36.5 Å². The fourth-order valence-corrected chi connectivity index (χ4v) is 2.25. The lowest BCUT2D eigenvalue weighted by molar-refractivity contribution is -0.127. The molecule has 1 N–H and O–H groups in total. The Morgan fingerprint density at radius 2 is 1.95 bits per heavy atom. The van der Waals surface area contributed by atoms with Crippen LogP contribution in [-0.2, 0) is 16.0 Å². The van der Waals surface area contributed by atoms with Crippen molar-refractivity contribution in [2.24, 2.45) is 0 Å². The van der Waals surface area contributed by atoms with Gasteiger partial charge >= 0.3 is 0 Å². The average Bonchev–Trinajstić information content (AvgIpc) is 2.97. The highest BCUT2D eigenvalue weighted by Crippen LogP contribution is 2.09. The Morgan fingerprint density at radius 1 is 1.23 bits per heavy atom. The third-order valence-corrected chi connectivity index (χ3v) is 3.37. The Labute approximate surface area is 127 Å². The van der Waals surface area contributed by atoms with E-state index in [-0.39, 0.29) is 18.1 Å². The van der Waals surface area contributed by atoms with Gasteiger partial charge in [-0.25, -0.2) is 14.1 Å². The summed E-state index contributed by atoms with van der Waals surface area (Å²) in [4.78, 5) is 12.0. The standard InChI is InChI=1S/C15H17FN4O2/c16-12-1-3-14(4-2-12)20-6-5-13(17-20)11-15(21)18-19-7-9-22-10-8-19/h1-6H,7-11H2,(H,18,21). The lowest BCUT2D eigenvalue weighted by atomic mass is 10.3. The fourth-order valence-electron chi connectivity index (χ4n) is 2.25. The maximum Gasteiger partial charge on any atom is 0.240 e. The van der Waals surface area contributed by atoms with Crippen molar-refractivity contribution in [3.05, 3.63) is 48.0 Å². The summed E-state index contributed by atoms with van der Waals surface area (Å²) in [5.41, 5.74) is 4.25. The highest BCUT2D eigenvalue weighted by Gasteiger charge is 2.14. The number of carbonyl (C=O) groups excluding carboxylic acids is 1. The van der Waals surface area contributed by atoms with Gasteiger partial charge in [0.1, 0.15) is 5.82 Å². The molecule has 1 aliphatic heterocycles. The summed E-state index contributed by atoms with van der Waals surface area (Å²) in [7, 11) is 0. The molecule has 1 aromatic carbocycles. The van der Waals surface area contributed by atoms with Crippen LogP contribution in [-0.4, -0.2) is 47.0 Å². The molecule has 2 aromatic rings. The molecule has 0 saturated carbocycles. The van der Waals surface area contributed by atoms with Crippen LogP contribution in [0.2, 0.25) is 0 Å². The largest absolute Gasteiger partial charge is 0.379 e. The quantitative estimate of drug-likeness (QED) is 0.912. The Kier molecular flexibility index (Phi) is 4.45. The van der Waals surface area contributed by atoms with E-state index in [2.05, 4.69) is 10.5 Å². The highest BCUT2D eigenvalue weighted by molar-refractivity contribution is 5.77. The number of rotatable bonds is 4. The van der Waals surface area contributed by atoms with Crippen molar-refractivity contribution in [1.82, 2.24) is 20.2 Å². The number of halogens is 1. The smallest absolute Gasteiger partial charge is 0.240 e. The van der Waals surface area contributed by atoms with Gasteiger partial charge in [-0.3, -0.25) is 10.2 Å². The number of hydrogen-bond acceptors (Lipinski definition) is 4. The maximum absolute atomic E-state index is 12.9. The lowest BCUT2D eigenvalue weighted by Crippen LogP contribution is -2.48. The number of morpholine rings is 1. The zero-order valence-corrected chi connectivity index (χ0v) is 12.0. The third kappa shape index (κ3) is 3.69. The minimum absolute atomic E-state index is 0.105. The van der Waals surface area contributed by atoms with Gasteiger partial charge in [-0.1, -0.05) is 0 Å². The second-order valence-electron chi connectivity index (χ2n) is 5.04. The normalized spacial score (nSPS) is 15.7. The molecule has 116 valence electrons. The summed E-state index contributed by atoms with van der Waals surface area (Å²) in [6.07, 6.45) is 1.95. The highest BCUT2D eigenvalue weighted by atomic mass is 19.1. The second-order valence-corrected chi connectivity index (χ2v) is 5.04. The molecule has 0 spiro atoms. The Hall–Kier alpha value is -2.25. The fraction of sp³-hybridized carbons (Fsp3) is 0.333. The van der Waals surface area contributed by atoms with Crippen molar-refractivity contribution in [2.45, 2.75) is 6.42 Å². The zero-order chi connectivity index (χ0) is 15.4. The third-order valence-electron chi connectivity index (χ3n) is 3.37. The first-order chi connectivity index (χ1) is 10.7. The molecule has 1 aromatic heterocycles. The van der Waals surface area contributed by atoms with E-state index >= 15 is 0 Å². The molecule has 2 heterocycles. The van der Waals surface area contributed by atoms with E-state index in [0.29, 0.717) is 32.0 Å². The summed E-state index contributed by atoms with van der Waals surface area (Å²) in [6, 6.07) is 7.81. The minimum Gasteiger partial charge on any atom is -0.379 e. The van der Waals surface area contributed by atoms with Crippen molar-refractivity contribution in [1.29, 1.82) is 0 Å². The van der Waals surface area contributed by atoms with Crippen LogP contribution in [0, 0.1) is 5.82 Å². The molecule has 0 bridgehead atoms. The van der Waals surface area contributed by atoms with Gasteiger partial charge in [0.25, 0.3) is 0 Å². The lowest BCUT2D eigenvalue weighted by Gasteiger charge is -2.26. The molecular formula is C15H17FN4O2. The first-order valence-electron chi connectivity index (χ1n) is 7.13. The van der Waals surface area contributed by atoms with Gasteiger partial charge in [0.05, 0.1) is 31.0 Å². The maximum atomic E-state index is 12.9. The SMILES string of the molecule is O=C(Cc1ccn(-c2ccc(F)cc2)n1)NN1CCOCC1. The van der Waals surface area contributed by atoms with Crippen LogP contribution in [0.1, 0.15) is 5.69 Å². The number of carbonyl (C=O) groups is 1. The number of hydrazine groups is 1. The van der Waals surface area contributed by atoms with Crippen LogP contribution in [0.25, 0.3) is 5.69 Å². The first-order valence-corrected chi connectivity index (χ1v) is 7.13. The Balaban J connectivity index is 1.59. The summed E-state index contributed by atoms with van der Waals surface area (Å²) >= 11 is 0. The zero-order valence-electron chi connectivity index (χ0n) is 12.0. The monoisotopic (exact) mass is 304 g/mol. The van der Waals surface area contributed by atoms with Crippen LogP contribution in [0.5, 0.6) is 0 Å². The van der Waals surface area contributed by atoms with Crippen molar-refractivity contribution in [3.8, 4) is 5.69 Å². The molecule has 1 saturated heterocycles. The average molecular weight is 304 g/mol. The topological polar surface area (TPSA) is 59.4 Å². The summed E-state index contributed by atoms with van der Waals surface area (Å²) in [5.74, 6) is -0.396. The molecule has 7 heteroatoms. The Bertz CT molecular complexity index is 635. The molecule has 22 heavy (non-hydrogen) atoms. The van der Waals surface area contributed by atoms with Crippen molar-refractivity contribution >= 4 is 5.91 Å². The first kappa shape index (κ1) is 14.7. The van der Waals surface area contributed by atoms with Crippen molar-refractivity contribution in [2.75, 3.05) is 26.3 Å². The van der Waals surface area contributed by atoms with Gasteiger partial charge in [0, 0.05) is 19.3 Å². The van der Waals surface area contributed by atoms with Crippen molar-refractivity contribution < 1.29 is 13.9 Å². The van der Waals surface area contributed by atoms with E-state index in [1.54, 1.807) is 29.1 Å². The molecule has 0 unspecified atom stereocenters. The molecule has 0 radical (unpaired) electrons. The number of nitrogens with one attached hydrogen (secondary N) is 1. The summed E-state index contributed by atoms with van der Waals surface area (Å²) in [5, 5.41) is 6.18. The van der Waals surface area contributed by atoms with Crippen molar-refractivity contribution in [3.63, 3.8) is 0 Å². The van der Waals surface area contributed by atoms with E-state index in [1.807, 2.05) is 5.01 Å². The van der Waals surface area contributed by atoms with E-state index in [9.17, 15) is 9.18 Å². The van der Waals surface area contributed by atoms with E-state index in [1.165, 1.54) is 12.1 Å². The van der Waals surface area contributed by atoms with Gasteiger partial charge in [-0.2, -0.15) is 5.10 Å². The van der Waals surface area contributed by atoms with E-state index in [0.717, 1.165) is 5.69 Å². The Morgan fingerprint density at radius 3 is 2.68 bits per heavy atom.